The zero-order chi connectivity index (χ0) is 14.2. The highest BCUT2D eigenvalue weighted by Gasteiger charge is 2.09. The van der Waals surface area contributed by atoms with Gasteiger partial charge in [-0.3, -0.25) is 9.78 Å². The molecule has 21 heavy (non-hydrogen) atoms. The first-order valence-corrected chi connectivity index (χ1v) is 6.66. The molecule has 2 heterocycles. The molecule has 0 atom stereocenters. The SMILES string of the molecule is O=c1[nH]c2cnc3ccccc3c2nc1-c1ccccc1. The Morgan fingerprint density at radius 1 is 0.905 bits per heavy atom. The van der Waals surface area contributed by atoms with E-state index in [1.54, 1.807) is 6.20 Å². The molecule has 0 fully saturated rings. The average molecular weight is 273 g/mol. The van der Waals surface area contributed by atoms with E-state index < -0.39 is 0 Å². The number of para-hydroxylation sites is 1. The maximum atomic E-state index is 12.2. The third-order valence-electron chi connectivity index (χ3n) is 3.48. The first-order valence-electron chi connectivity index (χ1n) is 6.66. The molecular formula is C17H11N3O. The number of nitrogens with zero attached hydrogens (tertiary/aromatic N) is 2. The summed E-state index contributed by atoms with van der Waals surface area (Å²) in [6.07, 6.45) is 1.65. The average Bonchev–Trinajstić information content (AvgIpc) is 2.55. The van der Waals surface area contributed by atoms with Crippen molar-refractivity contribution in [2.24, 2.45) is 0 Å². The third-order valence-corrected chi connectivity index (χ3v) is 3.48. The Kier molecular flexibility index (Phi) is 2.54. The number of aromatic nitrogens is 3. The highest BCUT2D eigenvalue weighted by Crippen LogP contribution is 2.21. The monoisotopic (exact) mass is 273 g/mol. The number of hydrogen-bond donors (Lipinski definition) is 1. The quantitative estimate of drug-likeness (QED) is 0.542. The highest BCUT2D eigenvalue weighted by atomic mass is 16.1. The molecule has 0 saturated heterocycles. The number of aromatic amines is 1. The Morgan fingerprint density at radius 2 is 1.67 bits per heavy atom. The van der Waals surface area contributed by atoms with Gasteiger partial charge >= 0.3 is 0 Å². The van der Waals surface area contributed by atoms with Crippen molar-refractivity contribution in [1.29, 1.82) is 0 Å². The van der Waals surface area contributed by atoms with Crippen LogP contribution >= 0.6 is 0 Å². The minimum atomic E-state index is -0.203. The summed E-state index contributed by atoms with van der Waals surface area (Å²) in [6, 6.07) is 17.2. The van der Waals surface area contributed by atoms with Gasteiger partial charge in [0.25, 0.3) is 5.56 Å². The van der Waals surface area contributed by atoms with Crippen LogP contribution in [-0.2, 0) is 0 Å². The van der Waals surface area contributed by atoms with Crippen molar-refractivity contribution in [3.05, 3.63) is 71.1 Å². The van der Waals surface area contributed by atoms with E-state index in [1.807, 2.05) is 54.6 Å². The summed E-state index contributed by atoms with van der Waals surface area (Å²) < 4.78 is 0. The first kappa shape index (κ1) is 11.8. The molecule has 0 aliphatic rings. The van der Waals surface area contributed by atoms with Crippen molar-refractivity contribution in [2.45, 2.75) is 0 Å². The van der Waals surface area contributed by atoms with Crippen LogP contribution in [0.3, 0.4) is 0 Å². The van der Waals surface area contributed by atoms with E-state index >= 15 is 0 Å². The molecule has 4 rings (SSSR count). The van der Waals surface area contributed by atoms with Crippen molar-refractivity contribution in [3.8, 4) is 11.3 Å². The number of pyridine rings is 1. The molecule has 0 aliphatic carbocycles. The second-order valence-corrected chi connectivity index (χ2v) is 4.82. The zero-order valence-corrected chi connectivity index (χ0v) is 11.1. The summed E-state index contributed by atoms with van der Waals surface area (Å²) >= 11 is 0. The van der Waals surface area contributed by atoms with E-state index in [-0.39, 0.29) is 5.56 Å². The van der Waals surface area contributed by atoms with Crippen LogP contribution in [0.15, 0.2) is 65.6 Å². The van der Waals surface area contributed by atoms with Crippen LogP contribution < -0.4 is 5.56 Å². The molecule has 0 unspecified atom stereocenters. The maximum Gasteiger partial charge on any atom is 0.275 e. The molecule has 4 heteroatoms. The van der Waals surface area contributed by atoms with Gasteiger partial charge in [-0.05, 0) is 6.07 Å². The van der Waals surface area contributed by atoms with Gasteiger partial charge in [-0.15, -0.1) is 0 Å². The Bertz CT molecular complexity index is 1010. The van der Waals surface area contributed by atoms with Crippen LogP contribution in [0, 0.1) is 0 Å². The summed E-state index contributed by atoms with van der Waals surface area (Å²) in [5.41, 5.74) is 3.31. The second kappa shape index (κ2) is 4.52. The smallest absolute Gasteiger partial charge is 0.275 e. The molecule has 4 nitrogen and oxygen atoms in total. The standard InChI is InChI=1S/C17H11N3O/c21-17-15(11-6-2-1-3-7-11)20-16-12-8-4-5-9-13(12)18-10-14(16)19-17/h1-10H,(H,19,21). The number of H-pyrrole nitrogens is 1. The lowest BCUT2D eigenvalue weighted by Gasteiger charge is -2.05. The number of rotatable bonds is 1. The fraction of sp³-hybridized carbons (Fsp3) is 0. The molecule has 100 valence electrons. The zero-order valence-electron chi connectivity index (χ0n) is 11.1. The summed E-state index contributed by atoms with van der Waals surface area (Å²) in [6.45, 7) is 0. The van der Waals surface area contributed by atoms with Crippen molar-refractivity contribution in [2.75, 3.05) is 0 Å². The molecule has 2 aromatic carbocycles. The van der Waals surface area contributed by atoms with Gasteiger partial charge in [-0.1, -0.05) is 48.5 Å². The second-order valence-electron chi connectivity index (χ2n) is 4.82. The number of fused-ring (bicyclic) bond motifs is 3. The predicted octanol–water partition coefficient (Wildman–Crippen LogP) is 3.14. The van der Waals surface area contributed by atoms with Gasteiger partial charge in [-0.25, -0.2) is 4.98 Å². The molecule has 0 aliphatic heterocycles. The fourth-order valence-corrected chi connectivity index (χ4v) is 2.47. The van der Waals surface area contributed by atoms with Crippen LogP contribution in [0.2, 0.25) is 0 Å². The molecule has 0 amide bonds. The van der Waals surface area contributed by atoms with E-state index in [1.165, 1.54) is 0 Å². The van der Waals surface area contributed by atoms with Crippen LogP contribution in [-0.4, -0.2) is 15.0 Å². The van der Waals surface area contributed by atoms with Gasteiger partial charge in [0, 0.05) is 10.9 Å². The normalized spacial score (nSPS) is 11.0. The number of benzene rings is 2. The van der Waals surface area contributed by atoms with Crippen LogP contribution in [0.1, 0.15) is 0 Å². The lowest BCUT2D eigenvalue weighted by atomic mass is 10.1. The van der Waals surface area contributed by atoms with E-state index in [2.05, 4.69) is 15.0 Å². The fourth-order valence-electron chi connectivity index (χ4n) is 2.47. The first-order chi connectivity index (χ1) is 10.3. The molecule has 1 N–H and O–H groups in total. The van der Waals surface area contributed by atoms with Gasteiger partial charge in [0.15, 0.2) is 0 Å². The molecule has 0 saturated carbocycles. The van der Waals surface area contributed by atoms with E-state index in [0.29, 0.717) is 11.2 Å². The van der Waals surface area contributed by atoms with Crippen molar-refractivity contribution >= 4 is 21.9 Å². The Hall–Kier alpha value is -3.01. The highest BCUT2D eigenvalue weighted by molar-refractivity contribution is 6.01. The minimum Gasteiger partial charge on any atom is -0.317 e. The van der Waals surface area contributed by atoms with Gasteiger partial charge < -0.3 is 4.98 Å². The molecule has 0 spiro atoms. The minimum absolute atomic E-state index is 0.203. The summed E-state index contributed by atoms with van der Waals surface area (Å²) in [5.74, 6) is 0. The molecule has 0 radical (unpaired) electrons. The van der Waals surface area contributed by atoms with E-state index in [9.17, 15) is 4.79 Å². The summed E-state index contributed by atoms with van der Waals surface area (Å²) in [5, 5.41) is 0.934. The van der Waals surface area contributed by atoms with Gasteiger partial charge in [0.1, 0.15) is 5.69 Å². The Morgan fingerprint density at radius 3 is 2.52 bits per heavy atom. The van der Waals surface area contributed by atoms with E-state index in [4.69, 9.17) is 0 Å². The van der Waals surface area contributed by atoms with Gasteiger partial charge in [-0.2, -0.15) is 0 Å². The van der Waals surface area contributed by atoms with Crippen molar-refractivity contribution < 1.29 is 0 Å². The van der Waals surface area contributed by atoms with E-state index in [0.717, 1.165) is 22.0 Å². The summed E-state index contributed by atoms with van der Waals surface area (Å²) in [4.78, 5) is 24.0. The maximum absolute atomic E-state index is 12.2. The molecule has 0 bridgehead atoms. The molecular weight excluding hydrogens is 262 g/mol. The molecule has 2 aromatic heterocycles. The topological polar surface area (TPSA) is 58.6 Å². The van der Waals surface area contributed by atoms with Crippen LogP contribution in [0.4, 0.5) is 0 Å². The lowest BCUT2D eigenvalue weighted by Crippen LogP contribution is -2.11. The Labute approximate surface area is 120 Å². The number of nitrogens with one attached hydrogen (secondary N) is 1. The number of hydrogen-bond acceptors (Lipinski definition) is 3. The predicted molar refractivity (Wildman–Crippen MR) is 83.1 cm³/mol. The van der Waals surface area contributed by atoms with Crippen LogP contribution in [0.5, 0.6) is 0 Å². The van der Waals surface area contributed by atoms with Gasteiger partial charge in [0.05, 0.1) is 22.7 Å². The van der Waals surface area contributed by atoms with Crippen molar-refractivity contribution in [1.82, 2.24) is 15.0 Å². The van der Waals surface area contributed by atoms with Crippen LogP contribution in [0.25, 0.3) is 33.2 Å². The summed E-state index contributed by atoms with van der Waals surface area (Å²) in [7, 11) is 0. The largest absolute Gasteiger partial charge is 0.317 e. The van der Waals surface area contributed by atoms with Crippen molar-refractivity contribution in [3.63, 3.8) is 0 Å². The molecule has 4 aromatic rings. The Balaban J connectivity index is 2.12. The lowest BCUT2D eigenvalue weighted by molar-refractivity contribution is 1.21. The van der Waals surface area contributed by atoms with Gasteiger partial charge in [0.2, 0.25) is 0 Å². The third kappa shape index (κ3) is 1.89.